The SMILES string of the molecule is NC(=O)c1cc(Cl)ccc1N1CCC(CCC(=O)O)C1. The van der Waals surface area contributed by atoms with Crippen LogP contribution in [0.4, 0.5) is 5.69 Å². The molecule has 5 nitrogen and oxygen atoms in total. The van der Waals surface area contributed by atoms with Gasteiger partial charge in [0.15, 0.2) is 0 Å². The van der Waals surface area contributed by atoms with Gasteiger partial charge in [-0.05, 0) is 37.0 Å². The number of anilines is 1. The average Bonchev–Trinajstić information content (AvgIpc) is 2.84. The van der Waals surface area contributed by atoms with Gasteiger partial charge in [-0.1, -0.05) is 11.6 Å². The molecule has 108 valence electrons. The van der Waals surface area contributed by atoms with Gasteiger partial charge in [0.05, 0.1) is 5.56 Å². The Kier molecular flexibility index (Phi) is 4.49. The number of carboxylic acid groups (broad SMARTS) is 1. The predicted octanol–water partition coefficient (Wildman–Crippen LogP) is 2.13. The van der Waals surface area contributed by atoms with Crippen LogP contribution in [0, 0.1) is 5.92 Å². The maximum absolute atomic E-state index is 11.5. The average molecular weight is 297 g/mol. The quantitative estimate of drug-likeness (QED) is 0.872. The van der Waals surface area contributed by atoms with E-state index >= 15 is 0 Å². The zero-order valence-electron chi connectivity index (χ0n) is 11.0. The summed E-state index contributed by atoms with van der Waals surface area (Å²) in [5.74, 6) is -0.938. The van der Waals surface area contributed by atoms with Gasteiger partial charge in [-0.2, -0.15) is 0 Å². The van der Waals surface area contributed by atoms with Gasteiger partial charge < -0.3 is 15.7 Å². The summed E-state index contributed by atoms with van der Waals surface area (Å²) in [5.41, 5.74) is 6.57. The van der Waals surface area contributed by atoms with Crippen molar-refractivity contribution in [3.8, 4) is 0 Å². The fourth-order valence-corrected chi connectivity index (χ4v) is 2.77. The van der Waals surface area contributed by atoms with Gasteiger partial charge in [-0.25, -0.2) is 0 Å². The fraction of sp³-hybridized carbons (Fsp3) is 0.429. The molecule has 1 aromatic carbocycles. The molecule has 3 N–H and O–H groups in total. The topological polar surface area (TPSA) is 83.6 Å². The van der Waals surface area contributed by atoms with Crippen molar-refractivity contribution in [3.05, 3.63) is 28.8 Å². The van der Waals surface area contributed by atoms with E-state index in [9.17, 15) is 9.59 Å². The molecule has 20 heavy (non-hydrogen) atoms. The van der Waals surface area contributed by atoms with Gasteiger partial charge in [0.2, 0.25) is 0 Å². The molecule has 1 unspecified atom stereocenters. The second-order valence-electron chi connectivity index (χ2n) is 5.06. The summed E-state index contributed by atoms with van der Waals surface area (Å²) < 4.78 is 0. The lowest BCUT2D eigenvalue weighted by atomic mass is 10.0. The van der Waals surface area contributed by atoms with Gasteiger partial charge in [-0.15, -0.1) is 0 Å². The van der Waals surface area contributed by atoms with Crippen molar-refractivity contribution in [1.29, 1.82) is 0 Å². The van der Waals surface area contributed by atoms with Crippen molar-refractivity contribution in [3.63, 3.8) is 0 Å². The predicted molar refractivity (Wildman–Crippen MR) is 77.2 cm³/mol. The van der Waals surface area contributed by atoms with Crippen LogP contribution in [0.15, 0.2) is 18.2 Å². The minimum Gasteiger partial charge on any atom is -0.481 e. The molecule has 0 aliphatic carbocycles. The van der Waals surface area contributed by atoms with E-state index in [1.807, 2.05) is 0 Å². The smallest absolute Gasteiger partial charge is 0.303 e. The maximum Gasteiger partial charge on any atom is 0.303 e. The van der Waals surface area contributed by atoms with Crippen molar-refractivity contribution < 1.29 is 14.7 Å². The molecule has 1 aliphatic heterocycles. The molecule has 0 saturated carbocycles. The van der Waals surface area contributed by atoms with Crippen molar-refractivity contribution in [2.45, 2.75) is 19.3 Å². The molecule has 2 rings (SSSR count). The molecule has 0 aromatic heterocycles. The summed E-state index contributed by atoms with van der Waals surface area (Å²) in [4.78, 5) is 24.2. The summed E-state index contributed by atoms with van der Waals surface area (Å²) in [6.07, 6.45) is 1.77. The first kappa shape index (κ1) is 14.7. The fourth-order valence-electron chi connectivity index (χ4n) is 2.60. The van der Waals surface area contributed by atoms with Crippen molar-refractivity contribution in [2.75, 3.05) is 18.0 Å². The molecule has 0 spiro atoms. The normalized spacial score (nSPS) is 18.2. The van der Waals surface area contributed by atoms with Crippen LogP contribution in [0.25, 0.3) is 0 Å². The summed E-state index contributed by atoms with van der Waals surface area (Å²) in [6.45, 7) is 1.54. The standard InChI is InChI=1S/C14H17ClN2O3/c15-10-2-3-12(11(7-10)14(16)20)17-6-5-9(8-17)1-4-13(18)19/h2-3,7,9H,1,4-6,8H2,(H2,16,20)(H,18,19). The number of primary amides is 1. The van der Waals surface area contributed by atoms with E-state index in [0.717, 1.165) is 25.2 Å². The molecule has 1 fully saturated rings. The first-order chi connectivity index (χ1) is 9.47. The first-order valence-corrected chi connectivity index (χ1v) is 6.91. The number of benzene rings is 1. The molecule has 1 aromatic rings. The highest BCUT2D eigenvalue weighted by Gasteiger charge is 2.25. The number of carbonyl (C=O) groups excluding carboxylic acids is 1. The van der Waals surface area contributed by atoms with Crippen LogP contribution in [0.1, 0.15) is 29.6 Å². The number of halogens is 1. The van der Waals surface area contributed by atoms with Gasteiger partial charge in [-0.3, -0.25) is 9.59 Å². The van der Waals surface area contributed by atoms with E-state index in [1.54, 1.807) is 18.2 Å². The third-order valence-corrected chi connectivity index (χ3v) is 3.85. The van der Waals surface area contributed by atoms with Crippen LogP contribution in [0.3, 0.4) is 0 Å². The Balaban J connectivity index is 2.10. The van der Waals surface area contributed by atoms with Gasteiger partial charge in [0, 0.05) is 30.2 Å². The lowest BCUT2D eigenvalue weighted by Crippen LogP contribution is -2.24. The zero-order chi connectivity index (χ0) is 14.7. The second-order valence-corrected chi connectivity index (χ2v) is 5.50. The molecular formula is C14H17ClN2O3. The highest BCUT2D eigenvalue weighted by atomic mass is 35.5. The number of aliphatic carboxylic acids is 1. The van der Waals surface area contributed by atoms with Crippen LogP contribution in [-0.2, 0) is 4.79 Å². The number of hydrogen-bond acceptors (Lipinski definition) is 3. The molecule has 0 radical (unpaired) electrons. The number of nitrogens with zero attached hydrogens (tertiary/aromatic N) is 1. The van der Waals surface area contributed by atoms with Crippen LogP contribution < -0.4 is 10.6 Å². The van der Waals surface area contributed by atoms with E-state index < -0.39 is 11.9 Å². The Hall–Kier alpha value is -1.75. The Labute approximate surface area is 122 Å². The van der Waals surface area contributed by atoms with Crippen LogP contribution >= 0.6 is 11.6 Å². The Morgan fingerprint density at radius 3 is 2.85 bits per heavy atom. The van der Waals surface area contributed by atoms with E-state index in [-0.39, 0.29) is 6.42 Å². The van der Waals surface area contributed by atoms with E-state index in [4.69, 9.17) is 22.4 Å². The van der Waals surface area contributed by atoms with Gasteiger partial charge >= 0.3 is 5.97 Å². The molecule has 0 bridgehead atoms. The molecule has 1 amide bonds. The molecule has 1 aliphatic rings. The number of hydrogen-bond donors (Lipinski definition) is 2. The molecular weight excluding hydrogens is 280 g/mol. The summed E-state index contributed by atoms with van der Waals surface area (Å²) >= 11 is 5.89. The monoisotopic (exact) mass is 296 g/mol. The maximum atomic E-state index is 11.5. The van der Waals surface area contributed by atoms with Crippen LogP contribution in [-0.4, -0.2) is 30.1 Å². The lowest BCUT2D eigenvalue weighted by molar-refractivity contribution is -0.137. The van der Waals surface area contributed by atoms with E-state index in [0.29, 0.717) is 22.9 Å². The third-order valence-electron chi connectivity index (χ3n) is 3.62. The molecule has 1 heterocycles. The number of nitrogens with two attached hydrogens (primary N) is 1. The van der Waals surface area contributed by atoms with Crippen LogP contribution in [0.2, 0.25) is 5.02 Å². The Bertz CT molecular complexity index is 533. The minimum atomic E-state index is -0.771. The first-order valence-electron chi connectivity index (χ1n) is 6.53. The number of rotatable bonds is 5. The Morgan fingerprint density at radius 2 is 2.20 bits per heavy atom. The van der Waals surface area contributed by atoms with Gasteiger partial charge in [0.25, 0.3) is 5.91 Å². The number of carboxylic acids is 1. The summed E-state index contributed by atoms with van der Waals surface area (Å²) in [6, 6.07) is 5.10. The highest BCUT2D eigenvalue weighted by molar-refractivity contribution is 6.31. The zero-order valence-corrected chi connectivity index (χ0v) is 11.8. The van der Waals surface area contributed by atoms with Crippen molar-refractivity contribution in [2.24, 2.45) is 11.7 Å². The molecule has 6 heteroatoms. The Morgan fingerprint density at radius 1 is 1.45 bits per heavy atom. The second kappa shape index (κ2) is 6.13. The summed E-state index contributed by atoms with van der Waals surface area (Å²) in [5, 5.41) is 9.19. The largest absolute Gasteiger partial charge is 0.481 e. The molecule has 1 atom stereocenters. The van der Waals surface area contributed by atoms with Crippen molar-refractivity contribution in [1.82, 2.24) is 0 Å². The summed E-state index contributed by atoms with van der Waals surface area (Å²) in [7, 11) is 0. The van der Waals surface area contributed by atoms with E-state index in [1.165, 1.54) is 0 Å². The number of amides is 1. The van der Waals surface area contributed by atoms with E-state index in [2.05, 4.69) is 4.90 Å². The number of carbonyl (C=O) groups is 2. The van der Waals surface area contributed by atoms with Crippen LogP contribution in [0.5, 0.6) is 0 Å². The highest BCUT2D eigenvalue weighted by Crippen LogP contribution is 2.30. The molecule has 1 saturated heterocycles. The van der Waals surface area contributed by atoms with Crippen molar-refractivity contribution >= 4 is 29.2 Å². The minimum absolute atomic E-state index is 0.182. The van der Waals surface area contributed by atoms with Gasteiger partial charge in [0.1, 0.15) is 0 Å². The lowest BCUT2D eigenvalue weighted by Gasteiger charge is -2.21. The third kappa shape index (κ3) is 3.42.